The minimum Gasteiger partial charge on any atom is -0.537 e. The van der Waals surface area contributed by atoms with E-state index in [4.69, 9.17) is 23.9 Å². The number of fused-ring (bicyclic) bond motifs is 7. The van der Waals surface area contributed by atoms with Gasteiger partial charge in [-0.1, -0.05) is 24.2 Å². The Morgan fingerprint density at radius 3 is 2.12 bits per heavy atom. The van der Waals surface area contributed by atoms with E-state index >= 15 is 0 Å². The van der Waals surface area contributed by atoms with Crippen molar-refractivity contribution in [3.8, 4) is 22.5 Å². The van der Waals surface area contributed by atoms with Crippen LogP contribution in [0.3, 0.4) is 0 Å². The molecular weight excluding hydrogens is 797 g/mol. The second kappa shape index (κ2) is 15.8. The molecule has 2 aliphatic rings. The summed E-state index contributed by atoms with van der Waals surface area (Å²) in [6.45, 7) is 0.715. The lowest BCUT2D eigenvalue weighted by molar-refractivity contribution is -0.395. The first-order valence-corrected chi connectivity index (χ1v) is 17.4. The van der Waals surface area contributed by atoms with Gasteiger partial charge in [0.2, 0.25) is 6.61 Å². The number of esters is 1. The molecule has 1 aliphatic carbocycles. The van der Waals surface area contributed by atoms with Gasteiger partial charge in [-0.3, -0.25) is 54.8 Å². The quantitative estimate of drug-likeness (QED) is 0.0337. The summed E-state index contributed by atoms with van der Waals surface area (Å²) >= 11 is 0. The van der Waals surface area contributed by atoms with Crippen molar-refractivity contribution < 1.29 is 53.0 Å². The SMILES string of the molecule is CC[C@H](OC(=O)CON=C1c2cc([N+](=O)[O-])cc([N+](=O)[O-])c2-c2c1cc([N+](=O)[O-])cc2[N+](=O)[O-])c1cc2n(c(=O)c1COC=O)Cc1cc3cc(BOC=O)ccc3nc1-2. The summed E-state index contributed by atoms with van der Waals surface area (Å²) in [5, 5.41) is 52.2. The van der Waals surface area contributed by atoms with Gasteiger partial charge in [-0.05, 0) is 30.1 Å². The Morgan fingerprint density at radius 1 is 0.900 bits per heavy atom. The van der Waals surface area contributed by atoms with Crippen molar-refractivity contribution in [2.75, 3.05) is 6.61 Å². The molecule has 1 aliphatic heterocycles. The number of hydrogen-bond donors (Lipinski definition) is 0. The number of benzene rings is 3. The van der Waals surface area contributed by atoms with Gasteiger partial charge in [0.15, 0.2) is 0 Å². The maximum atomic E-state index is 14.0. The number of pyridine rings is 2. The molecule has 60 heavy (non-hydrogen) atoms. The number of rotatable bonds is 16. The zero-order valence-corrected chi connectivity index (χ0v) is 30.6. The van der Waals surface area contributed by atoms with Gasteiger partial charge in [-0.25, -0.2) is 9.78 Å². The number of carbonyl (C=O) groups is 3. The van der Waals surface area contributed by atoms with Crippen LogP contribution < -0.4 is 11.0 Å². The molecule has 2 aromatic heterocycles. The fourth-order valence-corrected chi connectivity index (χ4v) is 7.19. The second-order valence-electron chi connectivity index (χ2n) is 13.1. The van der Waals surface area contributed by atoms with Gasteiger partial charge in [-0.2, -0.15) is 0 Å². The molecular formula is C36H24BN7O16. The van der Waals surface area contributed by atoms with Crippen molar-refractivity contribution in [3.05, 3.63) is 133 Å². The lowest BCUT2D eigenvalue weighted by atomic mass is 9.87. The molecule has 3 heterocycles. The highest BCUT2D eigenvalue weighted by molar-refractivity contribution is 6.48. The maximum absolute atomic E-state index is 14.0. The third kappa shape index (κ3) is 7.07. The summed E-state index contributed by atoms with van der Waals surface area (Å²) in [6, 6.07) is 11.4. The number of non-ortho nitro benzene ring substituents is 2. The Kier molecular flexibility index (Phi) is 10.5. The van der Waals surface area contributed by atoms with E-state index in [1.165, 1.54) is 4.57 Å². The van der Waals surface area contributed by atoms with Crippen LogP contribution in [-0.4, -0.2) is 68.0 Å². The first kappa shape index (κ1) is 39.8. The first-order chi connectivity index (χ1) is 28.8. The van der Waals surface area contributed by atoms with E-state index in [0.29, 0.717) is 51.9 Å². The molecule has 0 fully saturated rings. The minimum absolute atomic E-state index is 0.0112. The highest BCUT2D eigenvalue weighted by Gasteiger charge is 2.42. The van der Waals surface area contributed by atoms with E-state index in [2.05, 4.69) is 5.16 Å². The lowest BCUT2D eigenvalue weighted by Gasteiger charge is -2.20. The van der Waals surface area contributed by atoms with E-state index < -0.39 is 101 Å². The van der Waals surface area contributed by atoms with E-state index in [1.807, 2.05) is 6.07 Å². The van der Waals surface area contributed by atoms with Crippen LogP contribution in [0.15, 0.2) is 64.5 Å². The number of oxime groups is 1. The zero-order valence-electron chi connectivity index (χ0n) is 30.6. The number of nitro groups is 4. The van der Waals surface area contributed by atoms with Crippen molar-refractivity contribution in [3.63, 3.8) is 0 Å². The molecule has 23 nitrogen and oxygen atoms in total. The fourth-order valence-electron chi connectivity index (χ4n) is 7.19. The molecule has 7 rings (SSSR count). The fraction of sp³-hybridized carbons (Fsp3) is 0.167. The molecule has 0 saturated heterocycles. The maximum Gasteiger partial charge on any atom is 0.377 e. The summed E-state index contributed by atoms with van der Waals surface area (Å²) in [4.78, 5) is 103. The van der Waals surface area contributed by atoms with Crippen molar-refractivity contribution in [1.29, 1.82) is 0 Å². The smallest absolute Gasteiger partial charge is 0.377 e. The Hall–Kier alpha value is -8.44. The molecule has 0 unspecified atom stereocenters. The van der Waals surface area contributed by atoms with Crippen molar-refractivity contribution >= 4 is 71.2 Å². The molecule has 0 saturated carbocycles. The van der Waals surface area contributed by atoms with Gasteiger partial charge in [0.25, 0.3) is 41.3 Å². The number of aromatic nitrogens is 2. The molecule has 302 valence electrons. The van der Waals surface area contributed by atoms with Crippen LogP contribution in [0.25, 0.3) is 33.4 Å². The summed E-state index contributed by atoms with van der Waals surface area (Å²) in [5.41, 5.74) is -3.47. The first-order valence-electron chi connectivity index (χ1n) is 17.4. The number of carbonyl (C=O) groups excluding carboxylic acids is 3. The second-order valence-corrected chi connectivity index (χ2v) is 13.1. The summed E-state index contributed by atoms with van der Waals surface area (Å²) < 4.78 is 16.9. The standard InChI is InChI=1S/C36H24BN7O16/c1-2-30(22-11-29-34-18(12-40(29)36(48)25(22)13-57-15-45)5-17-6-19(37-58-16-46)3-4-26(17)38-34)60-31(47)14-59-39-35-23-7-20(41(49)50)9-27(43(53)54)32(23)33-24(35)8-21(42(51)52)10-28(33)44(55)56/h3-11,15-16,30,37H,2,12-14H2,1H3/t30-/m0/s1. The third-order valence-corrected chi connectivity index (χ3v) is 9.69. The van der Waals surface area contributed by atoms with Crippen molar-refractivity contribution in [2.24, 2.45) is 5.16 Å². The normalized spacial score (nSPS) is 12.2. The van der Waals surface area contributed by atoms with Gasteiger partial charge in [-0.15, -0.1) is 0 Å². The largest absolute Gasteiger partial charge is 0.537 e. The van der Waals surface area contributed by atoms with Crippen LogP contribution in [0.2, 0.25) is 0 Å². The highest BCUT2D eigenvalue weighted by Crippen LogP contribution is 2.50. The van der Waals surface area contributed by atoms with Crippen LogP contribution in [0.1, 0.15) is 47.3 Å². The lowest BCUT2D eigenvalue weighted by Crippen LogP contribution is -2.27. The Bertz CT molecular complexity index is 2760. The van der Waals surface area contributed by atoms with E-state index in [-0.39, 0.29) is 38.0 Å². The Labute approximate surface area is 333 Å². The third-order valence-electron chi connectivity index (χ3n) is 9.69. The predicted molar refractivity (Wildman–Crippen MR) is 205 cm³/mol. The molecule has 3 aromatic carbocycles. The average molecular weight is 821 g/mol. The van der Waals surface area contributed by atoms with Crippen LogP contribution in [0.4, 0.5) is 22.7 Å². The molecule has 0 amide bonds. The van der Waals surface area contributed by atoms with Crippen molar-refractivity contribution in [1.82, 2.24) is 9.55 Å². The highest BCUT2D eigenvalue weighted by atomic mass is 16.7. The molecule has 0 N–H and O–H groups in total. The van der Waals surface area contributed by atoms with Crippen LogP contribution >= 0.6 is 0 Å². The zero-order chi connectivity index (χ0) is 43.0. The predicted octanol–water partition coefficient (Wildman–Crippen LogP) is 3.32. The molecule has 24 heteroatoms. The van der Waals surface area contributed by atoms with Crippen LogP contribution in [0.5, 0.6) is 0 Å². The van der Waals surface area contributed by atoms with E-state index in [0.717, 1.165) is 12.1 Å². The number of ether oxygens (including phenoxy) is 2. The van der Waals surface area contributed by atoms with Crippen LogP contribution in [-0.2, 0) is 46.5 Å². The molecule has 5 aromatic rings. The molecule has 0 spiro atoms. The topological polar surface area (TPSA) is 308 Å². The molecule has 0 radical (unpaired) electrons. The number of nitrogens with zero attached hydrogens (tertiary/aromatic N) is 7. The molecule has 0 bridgehead atoms. The molecule has 1 atom stereocenters. The van der Waals surface area contributed by atoms with Gasteiger partial charge < -0.3 is 23.5 Å². The number of nitro benzene ring substituents is 4. The van der Waals surface area contributed by atoms with Gasteiger partial charge in [0.05, 0.1) is 72.0 Å². The Morgan fingerprint density at radius 2 is 1.55 bits per heavy atom. The summed E-state index contributed by atoms with van der Waals surface area (Å²) in [6.07, 6.45) is -1.09. The van der Waals surface area contributed by atoms with Crippen LogP contribution in [0, 0.1) is 40.5 Å². The number of hydrogen-bond acceptors (Lipinski definition) is 18. The van der Waals surface area contributed by atoms with Gasteiger partial charge in [0.1, 0.15) is 18.4 Å². The summed E-state index contributed by atoms with van der Waals surface area (Å²) in [5.74, 6) is -1.10. The Balaban J connectivity index is 1.22. The van der Waals surface area contributed by atoms with E-state index in [1.54, 1.807) is 31.2 Å². The monoisotopic (exact) mass is 821 g/mol. The average Bonchev–Trinajstić information content (AvgIpc) is 3.74. The minimum atomic E-state index is -1.16. The van der Waals surface area contributed by atoms with E-state index in [9.17, 15) is 59.6 Å². The van der Waals surface area contributed by atoms with Gasteiger partial charge in [0, 0.05) is 39.8 Å². The summed E-state index contributed by atoms with van der Waals surface area (Å²) in [7, 11) is 0.0441. The van der Waals surface area contributed by atoms with Crippen molar-refractivity contribution in [2.45, 2.75) is 32.6 Å². The van der Waals surface area contributed by atoms with Gasteiger partial charge >= 0.3 is 13.5 Å².